The van der Waals surface area contributed by atoms with E-state index in [0.29, 0.717) is 0 Å². The smallest absolute Gasteiger partial charge is 0.0313 e. The highest BCUT2D eigenvalue weighted by molar-refractivity contribution is 7.97. The Morgan fingerprint density at radius 2 is 1.73 bits per heavy atom. The zero-order valence-electron chi connectivity index (χ0n) is 8.26. The van der Waals surface area contributed by atoms with Gasteiger partial charge < -0.3 is 0 Å². The van der Waals surface area contributed by atoms with E-state index in [1.807, 2.05) is 30.3 Å². The molecule has 0 aliphatic rings. The molecule has 0 radical (unpaired) electrons. The molecule has 2 nitrogen and oxygen atoms in total. The molecule has 2 aromatic rings. The minimum atomic E-state index is 0.869. The highest BCUT2D eigenvalue weighted by Gasteiger charge is 1.93. The largest absolute Gasteiger partial charge is 0.265 e. The van der Waals surface area contributed by atoms with Crippen molar-refractivity contribution in [2.45, 2.75) is 11.4 Å². The number of aromatic nitrogens is 1. The van der Waals surface area contributed by atoms with Crippen LogP contribution in [0.2, 0.25) is 0 Å². The Bertz CT molecular complexity index is 349. The molecular formula is C12H12N2S. The van der Waals surface area contributed by atoms with Crippen LogP contribution in [0.3, 0.4) is 0 Å². The van der Waals surface area contributed by atoms with Gasteiger partial charge in [-0.05, 0) is 29.6 Å². The Hall–Kier alpha value is -1.32. The van der Waals surface area contributed by atoms with E-state index in [1.165, 1.54) is 10.5 Å². The Labute approximate surface area is 93.9 Å². The first-order chi connectivity index (χ1) is 7.45. The Balaban J connectivity index is 1.81. The van der Waals surface area contributed by atoms with Crippen molar-refractivity contribution in [3.63, 3.8) is 0 Å². The number of hydrogen-bond acceptors (Lipinski definition) is 3. The first-order valence-electron chi connectivity index (χ1n) is 4.79. The predicted molar refractivity (Wildman–Crippen MR) is 63.4 cm³/mol. The summed E-state index contributed by atoms with van der Waals surface area (Å²) < 4.78 is 3.31. The second-order valence-corrected chi connectivity index (χ2v) is 4.06. The van der Waals surface area contributed by atoms with E-state index in [0.717, 1.165) is 6.54 Å². The molecule has 0 bridgehead atoms. The molecule has 0 saturated heterocycles. The minimum Gasteiger partial charge on any atom is -0.265 e. The van der Waals surface area contributed by atoms with Crippen molar-refractivity contribution in [1.82, 2.24) is 9.71 Å². The van der Waals surface area contributed by atoms with Crippen LogP contribution >= 0.6 is 11.9 Å². The van der Waals surface area contributed by atoms with E-state index >= 15 is 0 Å². The maximum Gasteiger partial charge on any atom is 0.0313 e. The summed E-state index contributed by atoms with van der Waals surface area (Å²) in [5, 5.41) is 0. The predicted octanol–water partition coefficient (Wildman–Crippen LogP) is 2.88. The second kappa shape index (κ2) is 5.53. The van der Waals surface area contributed by atoms with Crippen molar-refractivity contribution in [1.29, 1.82) is 0 Å². The molecule has 15 heavy (non-hydrogen) atoms. The van der Waals surface area contributed by atoms with Crippen LogP contribution < -0.4 is 4.72 Å². The quantitative estimate of drug-likeness (QED) is 0.795. The Kier molecular flexibility index (Phi) is 3.77. The Morgan fingerprint density at radius 1 is 1.00 bits per heavy atom. The van der Waals surface area contributed by atoms with Crippen LogP contribution in [0.4, 0.5) is 0 Å². The van der Waals surface area contributed by atoms with Crippen LogP contribution in [0.15, 0.2) is 59.8 Å². The fourth-order valence-electron chi connectivity index (χ4n) is 1.20. The lowest BCUT2D eigenvalue weighted by atomic mass is 10.2. The minimum absolute atomic E-state index is 0.869. The lowest BCUT2D eigenvalue weighted by Gasteiger charge is -2.03. The van der Waals surface area contributed by atoms with Gasteiger partial charge in [0.15, 0.2) is 0 Å². The van der Waals surface area contributed by atoms with Crippen LogP contribution in [-0.4, -0.2) is 4.98 Å². The molecule has 1 aromatic heterocycles. The number of nitrogens with zero attached hydrogens (tertiary/aromatic N) is 1. The fourth-order valence-corrected chi connectivity index (χ4v) is 1.87. The lowest BCUT2D eigenvalue weighted by Crippen LogP contribution is -2.02. The maximum absolute atomic E-state index is 3.97. The molecular weight excluding hydrogens is 204 g/mol. The van der Waals surface area contributed by atoms with E-state index in [2.05, 4.69) is 21.8 Å². The van der Waals surface area contributed by atoms with Crippen LogP contribution in [0.1, 0.15) is 5.56 Å². The van der Waals surface area contributed by atoms with E-state index in [4.69, 9.17) is 0 Å². The highest BCUT2D eigenvalue weighted by atomic mass is 32.2. The standard InChI is InChI=1S/C12H12N2S/c1-2-4-11(5-3-1)10-14-15-12-6-8-13-9-7-12/h1-9,14H,10H2. The first-order valence-corrected chi connectivity index (χ1v) is 5.60. The van der Waals surface area contributed by atoms with Crippen LogP contribution in [-0.2, 0) is 6.54 Å². The van der Waals surface area contributed by atoms with E-state index < -0.39 is 0 Å². The van der Waals surface area contributed by atoms with Crippen molar-refractivity contribution < 1.29 is 0 Å². The maximum atomic E-state index is 3.97. The molecule has 0 aliphatic heterocycles. The highest BCUT2D eigenvalue weighted by Crippen LogP contribution is 2.12. The summed E-state index contributed by atoms with van der Waals surface area (Å²) in [6.07, 6.45) is 3.60. The molecule has 0 aliphatic carbocycles. The van der Waals surface area contributed by atoms with E-state index in [-0.39, 0.29) is 0 Å². The monoisotopic (exact) mass is 216 g/mol. The molecule has 3 heteroatoms. The summed E-state index contributed by atoms with van der Waals surface area (Å²) in [5.74, 6) is 0. The molecule has 0 fully saturated rings. The molecule has 0 saturated carbocycles. The Morgan fingerprint density at radius 3 is 2.47 bits per heavy atom. The summed E-state index contributed by atoms with van der Waals surface area (Å²) in [7, 11) is 0. The fraction of sp³-hybridized carbons (Fsp3) is 0.0833. The van der Waals surface area contributed by atoms with Crippen molar-refractivity contribution >= 4 is 11.9 Å². The van der Waals surface area contributed by atoms with Crippen molar-refractivity contribution in [3.05, 3.63) is 60.4 Å². The summed E-state index contributed by atoms with van der Waals surface area (Å²) in [6, 6.07) is 14.3. The van der Waals surface area contributed by atoms with Crippen LogP contribution in [0, 0.1) is 0 Å². The lowest BCUT2D eigenvalue weighted by molar-refractivity contribution is 0.974. The molecule has 0 atom stereocenters. The third kappa shape index (κ3) is 3.38. The number of rotatable bonds is 4. The van der Waals surface area contributed by atoms with Crippen LogP contribution in [0.5, 0.6) is 0 Å². The van der Waals surface area contributed by atoms with Gasteiger partial charge >= 0.3 is 0 Å². The van der Waals surface area contributed by atoms with Gasteiger partial charge in [0.1, 0.15) is 0 Å². The summed E-state index contributed by atoms with van der Waals surface area (Å²) in [5.41, 5.74) is 1.29. The van der Waals surface area contributed by atoms with Gasteiger partial charge in [0, 0.05) is 23.8 Å². The number of benzene rings is 1. The molecule has 1 N–H and O–H groups in total. The van der Waals surface area contributed by atoms with Crippen molar-refractivity contribution in [2.24, 2.45) is 0 Å². The summed E-state index contributed by atoms with van der Waals surface area (Å²) in [6.45, 7) is 0.869. The number of hydrogen-bond donors (Lipinski definition) is 1. The normalized spacial score (nSPS) is 10.1. The summed E-state index contributed by atoms with van der Waals surface area (Å²) in [4.78, 5) is 5.15. The molecule has 0 spiro atoms. The van der Waals surface area contributed by atoms with Gasteiger partial charge in [-0.15, -0.1) is 0 Å². The average Bonchev–Trinajstić information content (AvgIpc) is 2.32. The second-order valence-electron chi connectivity index (χ2n) is 3.09. The zero-order chi connectivity index (χ0) is 10.3. The average molecular weight is 216 g/mol. The molecule has 2 rings (SSSR count). The SMILES string of the molecule is c1ccc(CNSc2ccncc2)cc1. The summed E-state index contributed by atoms with van der Waals surface area (Å²) >= 11 is 1.63. The molecule has 1 heterocycles. The van der Waals surface area contributed by atoms with Crippen molar-refractivity contribution in [3.8, 4) is 0 Å². The van der Waals surface area contributed by atoms with Crippen LogP contribution in [0.25, 0.3) is 0 Å². The van der Waals surface area contributed by atoms with E-state index in [9.17, 15) is 0 Å². The van der Waals surface area contributed by atoms with Gasteiger partial charge in [-0.25, -0.2) is 0 Å². The van der Waals surface area contributed by atoms with Gasteiger partial charge in [-0.3, -0.25) is 9.71 Å². The third-order valence-electron chi connectivity index (χ3n) is 1.96. The topological polar surface area (TPSA) is 24.9 Å². The third-order valence-corrected chi connectivity index (χ3v) is 2.76. The zero-order valence-corrected chi connectivity index (χ0v) is 9.08. The molecule has 0 amide bonds. The van der Waals surface area contributed by atoms with Gasteiger partial charge in [-0.2, -0.15) is 0 Å². The van der Waals surface area contributed by atoms with Crippen molar-refractivity contribution in [2.75, 3.05) is 0 Å². The van der Waals surface area contributed by atoms with Gasteiger partial charge in [0.05, 0.1) is 0 Å². The van der Waals surface area contributed by atoms with Gasteiger partial charge in [0.2, 0.25) is 0 Å². The number of nitrogens with one attached hydrogen (secondary N) is 1. The molecule has 1 aromatic carbocycles. The van der Waals surface area contributed by atoms with E-state index in [1.54, 1.807) is 24.3 Å². The molecule has 0 unspecified atom stereocenters. The van der Waals surface area contributed by atoms with Gasteiger partial charge in [0.25, 0.3) is 0 Å². The first kappa shape index (κ1) is 10.2. The molecule has 76 valence electrons. The number of pyridine rings is 1. The van der Waals surface area contributed by atoms with Gasteiger partial charge in [-0.1, -0.05) is 30.3 Å².